The summed E-state index contributed by atoms with van der Waals surface area (Å²) in [7, 11) is 2.16. The third kappa shape index (κ3) is 2.06. The number of hydrogen-bond acceptors (Lipinski definition) is 3. The fraction of sp³-hybridized carbons (Fsp3) is 0.750. The van der Waals surface area contributed by atoms with Crippen molar-refractivity contribution in [1.29, 1.82) is 0 Å². The lowest BCUT2D eigenvalue weighted by Gasteiger charge is -2.12. The van der Waals surface area contributed by atoms with Crippen LogP contribution in [0.15, 0.2) is 0 Å². The summed E-state index contributed by atoms with van der Waals surface area (Å²) < 4.78 is 0. The quantitative estimate of drug-likeness (QED) is 0.648. The highest BCUT2D eigenvalue weighted by molar-refractivity contribution is 7.11. The summed E-state index contributed by atoms with van der Waals surface area (Å²) in [6.45, 7) is 8.62. The van der Waals surface area contributed by atoms with Crippen LogP contribution in [0.5, 0.6) is 0 Å². The van der Waals surface area contributed by atoms with Crippen LogP contribution in [0.2, 0.25) is 0 Å². The van der Waals surface area contributed by atoms with Crippen molar-refractivity contribution in [2.45, 2.75) is 38.9 Å². The van der Waals surface area contributed by atoms with E-state index in [-0.39, 0.29) is 5.31 Å². The van der Waals surface area contributed by atoms with E-state index in [0.29, 0.717) is 5.92 Å². The molecule has 0 bridgehead atoms. The third-order valence-corrected chi connectivity index (χ3v) is 3.23. The van der Waals surface area contributed by atoms with Gasteiger partial charge in [-0.1, -0.05) is 27.7 Å². The second kappa shape index (κ2) is 3.17. The molecule has 0 amide bonds. The highest BCUT2D eigenvalue weighted by atomic mass is 32.1. The lowest BCUT2D eigenvalue weighted by molar-refractivity contribution is 0.730. The van der Waals surface area contributed by atoms with Gasteiger partial charge in [0, 0.05) is 5.92 Å². The molecule has 0 aliphatic rings. The summed E-state index contributed by atoms with van der Waals surface area (Å²) in [4.78, 5) is 0. The molecule has 0 aliphatic carbocycles. The molecule has 0 aromatic carbocycles. The number of rotatable bonds is 2. The van der Waals surface area contributed by atoms with Crippen molar-refractivity contribution in [2.24, 2.45) is 0 Å². The number of nitrogens with zero attached hydrogens (tertiary/aromatic N) is 2. The molecule has 1 aromatic heterocycles. The Labute approximate surface area is 78.8 Å². The van der Waals surface area contributed by atoms with Crippen LogP contribution in [-0.2, 0) is 5.31 Å². The van der Waals surface area contributed by atoms with E-state index in [1.54, 1.807) is 11.3 Å². The van der Waals surface area contributed by atoms with E-state index in [1.807, 2.05) is 0 Å². The van der Waals surface area contributed by atoms with Gasteiger partial charge in [0.15, 0.2) is 0 Å². The first-order valence-electron chi connectivity index (χ1n) is 4.25. The molecule has 1 heterocycles. The van der Waals surface area contributed by atoms with Gasteiger partial charge in [0.05, 0.1) is 0 Å². The highest BCUT2D eigenvalue weighted by Crippen LogP contribution is 2.26. The molecule has 0 saturated heterocycles. The second-order valence-electron chi connectivity index (χ2n) is 4.35. The molecule has 0 aliphatic heterocycles. The van der Waals surface area contributed by atoms with E-state index in [4.69, 9.17) is 0 Å². The molecule has 0 radical (unpaired) electrons. The van der Waals surface area contributed by atoms with Crippen molar-refractivity contribution >= 4 is 19.2 Å². The second-order valence-corrected chi connectivity index (χ2v) is 5.36. The fourth-order valence-electron chi connectivity index (χ4n) is 0.771. The summed E-state index contributed by atoms with van der Waals surface area (Å²) in [5.41, 5.74) is 0. The van der Waals surface area contributed by atoms with Gasteiger partial charge in [-0.2, -0.15) is 0 Å². The Morgan fingerprint density at radius 3 is 2.17 bits per heavy atom. The van der Waals surface area contributed by atoms with E-state index in [0.717, 1.165) is 10.0 Å². The molecule has 4 heteroatoms. The summed E-state index contributed by atoms with van der Waals surface area (Å²) in [6.07, 6.45) is 0. The number of aromatic nitrogens is 2. The zero-order valence-electron chi connectivity index (χ0n) is 8.38. The van der Waals surface area contributed by atoms with E-state index < -0.39 is 0 Å². The van der Waals surface area contributed by atoms with Gasteiger partial charge in [-0.15, -0.1) is 21.5 Å². The van der Waals surface area contributed by atoms with Crippen LogP contribution < -0.4 is 0 Å². The molecule has 0 atom stereocenters. The van der Waals surface area contributed by atoms with E-state index in [1.165, 1.54) is 0 Å². The Balaban J connectivity index is 2.92. The van der Waals surface area contributed by atoms with Crippen LogP contribution in [0.25, 0.3) is 0 Å². The van der Waals surface area contributed by atoms with E-state index in [2.05, 4.69) is 45.7 Å². The smallest absolute Gasteiger partial charge is 0.119 e. The molecule has 0 spiro atoms. The predicted octanol–water partition coefficient (Wildman–Crippen LogP) is 1.53. The molecular weight excluding hydrogens is 167 g/mol. The van der Waals surface area contributed by atoms with Crippen molar-refractivity contribution in [1.82, 2.24) is 10.2 Å². The van der Waals surface area contributed by atoms with Gasteiger partial charge in [0.1, 0.15) is 17.9 Å². The summed E-state index contributed by atoms with van der Waals surface area (Å²) in [5.74, 6) is 0.499. The van der Waals surface area contributed by atoms with Crippen molar-refractivity contribution < 1.29 is 0 Å². The fourth-order valence-corrected chi connectivity index (χ4v) is 1.67. The summed E-state index contributed by atoms with van der Waals surface area (Å²) in [6, 6.07) is 0. The van der Waals surface area contributed by atoms with Crippen molar-refractivity contribution in [3.8, 4) is 0 Å². The number of hydrogen-bond donors (Lipinski definition) is 0. The Morgan fingerprint density at radius 1 is 1.33 bits per heavy atom. The molecule has 12 heavy (non-hydrogen) atoms. The molecular formula is C8H15BN2S. The van der Waals surface area contributed by atoms with Crippen LogP contribution in [0.1, 0.15) is 43.6 Å². The molecule has 0 N–H and O–H groups in total. The molecule has 66 valence electrons. The van der Waals surface area contributed by atoms with Crippen LogP contribution in [-0.4, -0.2) is 18.0 Å². The molecule has 0 fully saturated rings. The molecule has 0 unspecified atom stereocenters. The van der Waals surface area contributed by atoms with Crippen molar-refractivity contribution in [2.75, 3.05) is 0 Å². The largest absolute Gasteiger partial charge is 0.144 e. The first-order valence-corrected chi connectivity index (χ1v) is 5.07. The molecule has 0 saturated carbocycles. The summed E-state index contributed by atoms with van der Waals surface area (Å²) in [5, 5.41) is 10.7. The normalized spacial score (nSPS) is 12.4. The standard InChI is InChI=1S/C8H15BN2S/c1-5(2)6-10-11-7(12-6)8(3,4)9/h5H,9H2,1-4H3. The highest BCUT2D eigenvalue weighted by Gasteiger charge is 2.19. The van der Waals surface area contributed by atoms with Gasteiger partial charge in [-0.3, -0.25) is 0 Å². The maximum atomic E-state index is 4.18. The van der Waals surface area contributed by atoms with Crippen LogP contribution in [0.4, 0.5) is 0 Å². The third-order valence-electron chi connectivity index (χ3n) is 1.58. The topological polar surface area (TPSA) is 25.8 Å². The minimum absolute atomic E-state index is 0.144. The minimum Gasteiger partial charge on any atom is -0.144 e. The Morgan fingerprint density at radius 2 is 1.92 bits per heavy atom. The molecule has 2 nitrogen and oxygen atoms in total. The Kier molecular flexibility index (Phi) is 2.56. The maximum Gasteiger partial charge on any atom is 0.119 e. The van der Waals surface area contributed by atoms with Gasteiger partial charge >= 0.3 is 0 Å². The average molecular weight is 182 g/mol. The minimum atomic E-state index is 0.144. The average Bonchev–Trinajstić information content (AvgIpc) is 2.30. The molecule has 1 aromatic rings. The lowest BCUT2D eigenvalue weighted by atomic mass is 9.73. The van der Waals surface area contributed by atoms with Gasteiger partial charge in [0.25, 0.3) is 0 Å². The monoisotopic (exact) mass is 182 g/mol. The first-order chi connectivity index (χ1) is 5.41. The van der Waals surface area contributed by atoms with Crippen molar-refractivity contribution in [3.05, 3.63) is 10.0 Å². The lowest BCUT2D eigenvalue weighted by Crippen LogP contribution is -2.15. The Bertz CT molecular complexity index is 262. The summed E-state index contributed by atoms with van der Waals surface area (Å²) >= 11 is 1.73. The SMILES string of the molecule is BC(C)(C)c1nnc(C(C)C)s1. The van der Waals surface area contributed by atoms with E-state index in [9.17, 15) is 0 Å². The van der Waals surface area contributed by atoms with Crippen LogP contribution >= 0.6 is 11.3 Å². The van der Waals surface area contributed by atoms with Gasteiger partial charge in [-0.25, -0.2) is 0 Å². The zero-order valence-corrected chi connectivity index (χ0v) is 9.20. The first kappa shape index (κ1) is 9.71. The zero-order chi connectivity index (χ0) is 9.35. The predicted molar refractivity (Wildman–Crippen MR) is 55.6 cm³/mol. The van der Waals surface area contributed by atoms with Gasteiger partial charge in [-0.05, 0) is 5.31 Å². The van der Waals surface area contributed by atoms with Crippen molar-refractivity contribution in [3.63, 3.8) is 0 Å². The van der Waals surface area contributed by atoms with Crippen LogP contribution in [0, 0.1) is 0 Å². The van der Waals surface area contributed by atoms with Gasteiger partial charge < -0.3 is 0 Å². The Hall–Kier alpha value is -0.375. The van der Waals surface area contributed by atoms with Crippen LogP contribution in [0.3, 0.4) is 0 Å². The maximum absolute atomic E-state index is 4.18. The van der Waals surface area contributed by atoms with E-state index >= 15 is 0 Å². The van der Waals surface area contributed by atoms with Gasteiger partial charge in [0.2, 0.25) is 0 Å². The molecule has 1 rings (SSSR count).